The summed E-state index contributed by atoms with van der Waals surface area (Å²) in [5.41, 5.74) is 2.87. The zero-order valence-corrected chi connectivity index (χ0v) is 11.1. The number of hydrogen-bond acceptors (Lipinski definition) is 5. The normalized spacial score (nSPS) is 10.3. The van der Waals surface area contributed by atoms with Crippen LogP contribution < -0.4 is 10.1 Å². The standard InChI is InChI=1S/C13H16N2O2S/c1-16-5-6-17-12-4-2-3-11(7-12)15-9-13-8-14-10-18-13/h2-4,7-8,10,15H,5-6,9H2,1H3. The van der Waals surface area contributed by atoms with Gasteiger partial charge in [0.1, 0.15) is 12.4 Å². The number of ether oxygens (including phenoxy) is 2. The van der Waals surface area contributed by atoms with Crippen molar-refractivity contribution in [3.05, 3.63) is 40.8 Å². The third-order valence-corrected chi connectivity index (χ3v) is 3.12. The molecule has 0 bridgehead atoms. The third kappa shape index (κ3) is 4.01. The van der Waals surface area contributed by atoms with E-state index in [0.717, 1.165) is 18.0 Å². The molecule has 0 atom stereocenters. The first kappa shape index (κ1) is 12.9. The van der Waals surface area contributed by atoms with Gasteiger partial charge in [0.25, 0.3) is 0 Å². The van der Waals surface area contributed by atoms with Crippen LogP contribution >= 0.6 is 11.3 Å². The molecule has 96 valence electrons. The second-order valence-electron chi connectivity index (χ2n) is 3.69. The third-order valence-electron chi connectivity index (χ3n) is 2.34. The molecular formula is C13H16N2O2S. The predicted octanol–water partition coefficient (Wildman–Crippen LogP) is 2.78. The number of anilines is 1. The van der Waals surface area contributed by atoms with E-state index in [2.05, 4.69) is 10.3 Å². The largest absolute Gasteiger partial charge is 0.491 e. The number of aromatic nitrogens is 1. The van der Waals surface area contributed by atoms with Crippen molar-refractivity contribution in [2.45, 2.75) is 6.54 Å². The molecule has 0 spiro atoms. The zero-order chi connectivity index (χ0) is 12.6. The second kappa shape index (κ2) is 6.98. The van der Waals surface area contributed by atoms with Crippen molar-refractivity contribution >= 4 is 17.0 Å². The number of nitrogens with one attached hydrogen (secondary N) is 1. The molecule has 0 saturated heterocycles. The first-order valence-corrected chi connectivity index (χ1v) is 6.59. The molecule has 0 radical (unpaired) electrons. The minimum atomic E-state index is 0.564. The fourth-order valence-electron chi connectivity index (χ4n) is 1.46. The molecule has 1 aromatic heterocycles. The summed E-state index contributed by atoms with van der Waals surface area (Å²) in [5, 5.41) is 3.34. The highest BCUT2D eigenvalue weighted by atomic mass is 32.1. The summed E-state index contributed by atoms with van der Waals surface area (Å²) in [6.45, 7) is 1.94. The highest BCUT2D eigenvalue weighted by Crippen LogP contribution is 2.18. The van der Waals surface area contributed by atoms with E-state index < -0.39 is 0 Å². The summed E-state index contributed by atoms with van der Waals surface area (Å²) >= 11 is 1.64. The molecule has 0 aliphatic carbocycles. The van der Waals surface area contributed by atoms with Crippen molar-refractivity contribution in [1.29, 1.82) is 0 Å². The van der Waals surface area contributed by atoms with Gasteiger partial charge in [0.2, 0.25) is 0 Å². The van der Waals surface area contributed by atoms with Gasteiger partial charge >= 0.3 is 0 Å². The van der Waals surface area contributed by atoms with Gasteiger partial charge in [-0.2, -0.15) is 0 Å². The van der Waals surface area contributed by atoms with Crippen LogP contribution in [0.2, 0.25) is 0 Å². The molecular weight excluding hydrogens is 248 g/mol. The second-order valence-corrected chi connectivity index (χ2v) is 4.66. The first-order chi connectivity index (χ1) is 8.88. The van der Waals surface area contributed by atoms with Gasteiger partial charge in [-0.25, -0.2) is 0 Å². The van der Waals surface area contributed by atoms with Gasteiger partial charge < -0.3 is 14.8 Å². The average Bonchev–Trinajstić information content (AvgIpc) is 2.90. The van der Waals surface area contributed by atoms with E-state index in [1.165, 1.54) is 4.88 Å². The Kier molecular flexibility index (Phi) is 4.99. The van der Waals surface area contributed by atoms with Crippen molar-refractivity contribution < 1.29 is 9.47 Å². The Hall–Kier alpha value is -1.59. The SMILES string of the molecule is COCCOc1cccc(NCc2cncs2)c1. The Morgan fingerprint density at radius 3 is 3.06 bits per heavy atom. The summed E-state index contributed by atoms with van der Waals surface area (Å²) in [6.07, 6.45) is 1.87. The number of benzene rings is 1. The molecule has 4 nitrogen and oxygen atoms in total. The number of thiazole rings is 1. The van der Waals surface area contributed by atoms with Crippen LogP contribution in [0.4, 0.5) is 5.69 Å². The topological polar surface area (TPSA) is 43.4 Å². The van der Waals surface area contributed by atoms with Crippen LogP contribution in [0.15, 0.2) is 36.0 Å². The van der Waals surface area contributed by atoms with Crippen LogP contribution in [0.1, 0.15) is 4.88 Å². The van der Waals surface area contributed by atoms with Crippen molar-refractivity contribution in [3.63, 3.8) is 0 Å². The molecule has 1 aromatic carbocycles. The quantitative estimate of drug-likeness (QED) is 0.781. The fourth-order valence-corrected chi connectivity index (χ4v) is 1.99. The Bertz CT molecular complexity index is 460. The van der Waals surface area contributed by atoms with Crippen LogP contribution in [0.5, 0.6) is 5.75 Å². The number of rotatable bonds is 7. The van der Waals surface area contributed by atoms with Gasteiger partial charge in [-0.15, -0.1) is 11.3 Å². The average molecular weight is 264 g/mol. The maximum absolute atomic E-state index is 5.55. The predicted molar refractivity (Wildman–Crippen MR) is 73.3 cm³/mol. The van der Waals surface area contributed by atoms with E-state index in [1.807, 2.05) is 36.0 Å². The van der Waals surface area contributed by atoms with Crippen LogP contribution in [0.3, 0.4) is 0 Å². The summed E-state index contributed by atoms with van der Waals surface area (Å²) in [7, 11) is 1.66. The molecule has 0 aliphatic heterocycles. The number of nitrogens with zero attached hydrogens (tertiary/aromatic N) is 1. The lowest BCUT2D eigenvalue weighted by molar-refractivity contribution is 0.146. The van der Waals surface area contributed by atoms with Crippen LogP contribution in [0.25, 0.3) is 0 Å². The van der Waals surface area contributed by atoms with Gasteiger partial charge in [0.05, 0.1) is 18.7 Å². The van der Waals surface area contributed by atoms with E-state index in [4.69, 9.17) is 9.47 Å². The van der Waals surface area contributed by atoms with E-state index >= 15 is 0 Å². The Morgan fingerprint density at radius 2 is 2.28 bits per heavy atom. The maximum atomic E-state index is 5.55. The molecule has 0 amide bonds. The molecule has 18 heavy (non-hydrogen) atoms. The van der Waals surface area contributed by atoms with E-state index in [1.54, 1.807) is 18.4 Å². The van der Waals surface area contributed by atoms with Gasteiger partial charge in [-0.1, -0.05) is 6.07 Å². The lowest BCUT2D eigenvalue weighted by atomic mass is 10.3. The van der Waals surface area contributed by atoms with Gasteiger partial charge in [-0.05, 0) is 12.1 Å². The minimum absolute atomic E-state index is 0.564. The lowest BCUT2D eigenvalue weighted by Crippen LogP contribution is -2.04. The number of methoxy groups -OCH3 is 1. The fraction of sp³-hybridized carbons (Fsp3) is 0.308. The molecule has 0 aliphatic rings. The lowest BCUT2D eigenvalue weighted by Gasteiger charge is -2.08. The monoisotopic (exact) mass is 264 g/mol. The molecule has 2 aromatic rings. The van der Waals surface area contributed by atoms with Crippen molar-refractivity contribution in [3.8, 4) is 5.75 Å². The van der Waals surface area contributed by atoms with Gasteiger partial charge in [-0.3, -0.25) is 4.98 Å². The Morgan fingerprint density at radius 1 is 1.33 bits per heavy atom. The van der Waals surface area contributed by atoms with E-state index in [0.29, 0.717) is 13.2 Å². The summed E-state index contributed by atoms with van der Waals surface area (Å²) in [5.74, 6) is 0.848. The van der Waals surface area contributed by atoms with Gasteiger partial charge in [0.15, 0.2) is 0 Å². The van der Waals surface area contributed by atoms with Crippen LogP contribution in [0, 0.1) is 0 Å². The first-order valence-electron chi connectivity index (χ1n) is 5.71. The summed E-state index contributed by atoms with van der Waals surface area (Å²) in [4.78, 5) is 5.25. The molecule has 2 rings (SSSR count). The molecule has 0 unspecified atom stereocenters. The number of hydrogen-bond donors (Lipinski definition) is 1. The molecule has 1 heterocycles. The Balaban J connectivity index is 1.86. The highest BCUT2D eigenvalue weighted by Gasteiger charge is 1.98. The highest BCUT2D eigenvalue weighted by molar-refractivity contribution is 7.09. The van der Waals surface area contributed by atoms with Gasteiger partial charge in [0, 0.05) is 29.9 Å². The Labute approximate surface area is 111 Å². The smallest absolute Gasteiger partial charge is 0.121 e. The summed E-state index contributed by atoms with van der Waals surface area (Å²) in [6, 6.07) is 7.91. The minimum Gasteiger partial charge on any atom is -0.491 e. The van der Waals surface area contributed by atoms with Crippen molar-refractivity contribution in [2.24, 2.45) is 0 Å². The van der Waals surface area contributed by atoms with Crippen molar-refractivity contribution in [1.82, 2.24) is 4.98 Å². The molecule has 5 heteroatoms. The molecule has 0 fully saturated rings. The molecule has 0 saturated carbocycles. The van der Waals surface area contributed by atoms with E-state index in [9.17, 15) is 0 Å². The zero-order valence-electron chi connectivity index (χ0n) is 10.3. The van der Waals surface area contributed by atoms with E-state index in [-0.39, 0.29) is 0 Å². The summed E-state index contributed by atoms with van der Waals surface area (Å²) < 4.78 is 10.5. The van der Waals surface area contributed by atoms with Crippen LogP contribution in [-0.2, 0) is 11.3 Å². The van der Waals surface area contributed by atoms with Crippen molar-refractivity contribution in [2.75, 3.05) is 25.6 Å². The van der Waals surface area contributed by atoms with Crippen LogP contribution in [-0.4, -0.2) is 25.3 Å². The molecule has 1 N–H and O–H groups in total. The maximum Gasteiger partial charge on any atom is 0.121 e.